The minimum Gasteiger partial charge on any atom is -0.478 e. The molecule has 3 nitrogen and oxygen atoms in total. The molecule has 0 heterocycles. The number of anilines is 1. The van der Waals surface area contributed by atoms with Gasteiger partial charge in [-0.05, 0) is 23.8 Å². The minimum absolute atomic E-state index is 0.139. The van der Waals surface area contributed by atoms with E-state index in [1.54, 1.807) is 24.3 Å². The Labute approximate surface area is 103 Å². The number of aromatic carboxylic acids is 1. The monoisotopic (exact) mass is 246 g/mol. The first-order valence-electron chi connectivity index (χ1n) is 4.88. The second-order valence-corrected chi connectivity index (χ2v) is 3.92. The Hall–Kier alpha value is -2.00. The summed E-state index contributed by atoms with van der Waals surface area (Å²) >= 11 is 6.00. The van der Waals surface area contributed by atoms with Gasteiger partial charge < -0.3 is 10.8 Å². The van der Waals surface area contributed by atoms with E-state index in [4.69, 9.17) is 22.4 Å². The molecular weight excluding hydrogens is 238 g/mol. The quantitative estimate of drug-likeness (QED) is 0.801. The molecule has 85 valence electrons. The van der Waals surface area contributed by atoms with Gasteiger partial charge in [-0.25, -0.2) is 4.79 Å². The molecule has 2 aromatic rings. The van der Waals surface area contributed by atoms with Gasteiger partial charge in [-0.2, -0.15) is 0 Å². The molecule has 0 aliphatic rings. The molecule has 0 spiro atoms. The Bertz CT molecular complexity index is 581. The molecule has 4 heteroatoms. The number of hydrogen-bond donors (Lipinski definition) is 2. The number of halogens is 1. The fraction of sp³-hybridized carbons (Fsp3) is 0. The summed E-state index contributed by atoms with van der Waals surface area (Å²) in [5.41, 5.74) is 7.58. The zero-order valence-electron chi connectivity index (χ0n) is 8.77. The summed E-state index contributed by atoms with van der Waals surface area (Å²) in [4.78, 5) is 10.9. The molecule has 0 unspecified atom stereocenters. The third-order valence-corrected chi connectivity index (χ3v) is 2.63. The molecular formula is C13H9ClNO2. The van der Waals surface area contributed by atoms with E-state index in [1.165, 1.54) is 12.1 Å². The summed E-state index contributed by atoms with van der Waals surface area (Å²) in [6.45, 7) is 0. The number of nitrogen functional groups attached to an aromatic ring is 1. The van der Waals surface area contributed by atoms with Gasteiger partial charge in [0.25, 0.3) is 0 Å². The summed E-state index contributed by atoms with van der Waals surface area (Å²) < 4.78 is 0. The minimum atomic E-state index is -1.02. The van der Waals surface area contributed by atoms with E-state index < -0.39 is 5.97 Å². The second-order valence-electron chi connectivity index (χ2n) is 3.55. The predicted molar refractivity (Wildman–Crippen MR) is 67.1 cm³/mol. The summed E-state index contributed by atoms with van der Waals surface area (Å²) in [5, 5.41) is 9.39. The van der Waals surface area contributed by atoms with E-state index >= 15 is 0 Å². The first-order chi connectivity index (χ1) is 8.08. The average Bonchev–Trinajstić information content (AvgIpc) is 2.28. The van der Waals surface area contributed by atoms with E-state index in [-0.39, 0.29) is 5.56 Å². The summed E-state index contributed by atoms with van der Waals surface area (Å²) in [6, 6.07) is 12.7. The molecule has 0 aromatic heterocycles. The summed E-state index contributed by atoms with van der Waals surface area (Å²) in [5.74, 6) is -1.02. The standard InChI is InChI=1S/C13H9ClNO2/c14-12-4-2-1-3-11(12)8-5-9(13(16)17)7-10(15)6-8/h1-3,5-7H,15H2,(H,16,17). The number of benzene rings is 2. The number of hydrogen-bond acceptors (Lipinski definition) is 2. The Morgan fingerprint density at radius 1 is 1.35 bits per heavy atom. The van der Waals surface area contributed by atoms with Crippen LogP contribution in [0, 0.1) is 6.07 Å². The highest BCUT2D eigenvalue weighted by Gasteiger charge is 2.09. The van der Waals surface area contributed by atoms with Crippen LogP contribution in [0.3, 0.4) is 0 Å². The molecule has 3 N–H and O–H groups in total. The van der Waals surface area contributed by atoms with Gasteiger partial charge in [0.15, 0.2) is 0 Å². The van der Waals surface area contributed by atoms with E-state index in [1.807, 2.05) is 0 Å². The Morgan fingerprint density at radius 3 is 2.76 bits per heavy atom. The smallest absolute Gasteiger partial charge is 0.335 e. The van der Waals surface area contributed by atoms with Crippen molar-refractivity contribution in [2.45, 2.75) is 0 Å². The molecule has 0 fully saturated rings. The maximum absolute atomic E-state index is 10.9. The molecule has 0 saturated heterocycles. The lowest BCUT2D eigenvalue weighted by Gasteiger charge is -2.06. The van der Waals surface area contributed by atoms with Gasteiger partial charge in [0.1, 0.15) is 0 Å². The van der Waals surface area contributed by atoms with Crippen LogP contribution < -0.4 is 5.73 Å². The van der Waals surface area contributed by atoms with Gasteiger partial charge in [0, 0.05) is 17.3 Å². The van der Waals surface area contributed by atoms with Crippen LogP contribution in [0.25, 0.3) is 11.1 Å². The fourth-order valence-corrected chi connectivity index (χ4v) is 1.81. The number of rotatable bonds is 2. The van der Waals surface area contributed by atoms with Crippen molar-refractivity contribution >= 4 is 23.3 Å². The third-order valence-electron chi connectivity index (χ3n) is 2.32. The Morgan fingerprint density at radius 2 is 2.12 bits per heavy atom. The van der Waals surface area contributed by atoms with Crippen molar-refractivity contribution in [2.75, 3.05) is 5.73 Å². The van der Waals surface area contributed by atoms with Crippen LogP contribution in [0.5, 0.6) is 0 Å². The molecule has 0 aliphatic carbocycles. The van der Waals surface area contributed by atoms with Gasteiger partial charge >= 0.3 is 5.97 Å². The lowest BCUT2D eigenvalue weighted by atomic mass is 10.0. The predicted octanol–water partition coefficient (Wildman–Crippen LogP) is 3.09. The van der Waals surface area contributed by atoms with Crippen molar-refractivity contribution in [1.82, 2.24) is 0 Å². The van der Waals surface area contributed by atoms with Crippen molar-refractivity contribution in [1.29, 1.82) is 0 Å². The highest BCUT2D eigenvalue weighted by molar-refractivity contribution is 6.33. The second kappa shape index (κ2) is 4.47. The van der Waals surface area contributed by atoms with Crippen molar-refractivity contribution < 1.29 is 9.90 Å². The van der Waals surface area contributed by atoms with Crippen LogP contribution in [0.1, 0.15) is 10.4 Å². The SMILES string of the molecule is Nc1cc(C(=O)O)cc(-c2ccc[c]c2Cl)c1. The maximum Gasteiger partial charge on any atom is 0.335 e. The largest absolute Gasteiger partial charge is 0.478 e. The van der Waals surface area contributed by atoms with Crippen LogP contribution in [0.2, 0.25) is 5.02 Å². The van der Waals surface area contributed by atoms with Gasteiger partial charge in [-0.3, -0.25) is 0 Å². The fourth-order valence-electron chi connectivity index (χ4n) is 1.57. The third kappa shape index (κ3) is 2.40. The van der Waals surface area contributed by atoms with Crippen molar-refractivity contribution in [3.05, 3.63) is 53.1 Å². The van der Waals surface area contributed by atoms with Crippen LogP contribution >= 0.6 is 11.6 Å². The first kappa shape index (κ1) is 11.5. The molecule has 0 bridgehead atoms. The molecule has 2 rings (SSSR count). The van der Waals surface area contributed by atoms with E-state index in [2.05, 4.69) is 6.07 Å². The molecule has 1 radical (unpaired) electrons. The van der Waals surface area contributed by atoms with Crippen LogP contribution in [-0.4, -0.2) is 11.1 Å². The molecule has 0 atom stereocenters. The number of carbonyl (C=O) groups is 1. The zero-order chi connectivity index (χ0) is 12.4. The molecule has 0 amide bonds. The average molecular weight is 247 g/mol. The highest BCUT2D eigenvalue weighted by atomic mass is 35.5. The van der Waals surface area contributed by atoms with Gasteiger partial charge in [-0.1, -0.05) is 29.8 Å². The van der Waals surface area contributed by atoms with E-state index in [0.717, 1.165) is 0 Å². The Kier molecular flexibility index (Phi) is 3.02. The maximum atomic E-state index is 10.9. The first-order valence-corrected chi connectivity index (χ1v) is 5.26. The number of nitrogens with two attached hydrogens (primary N) is 1. The highest BCUT2D eigenvalue weighted by Crippen LogP contribution is 2.29. The van der Waals surface area contributed by atoms with Crippen LogP contribution in [0.15, 0.2) is 36.4 Å². The topological polar surface area (TPSA) is 63.3 Å². The van der Waals surface area contributed by atoms with Gasteiger partial charge in [0.2, 0.25) is 0 Å². The molecule has 17 heavy (non-hydrogen) atoms. The van der Waals surface area contributed by atoms with Crippen LogP contribution in [0.4, 0.5) is 5.69 Å². The lowest BCUT2D eigenvalue weighted by molar-refractivity contribution is 0.0697. The van der Waals surface area contributed by atoms with Crippen molar-refractivity contribution in [3.63, 3.8) is 0 Å². The Balaban J connectivity index is 2.60. The normalized spacial score (nSPS) is 10.2. The molecule has 2 aromatic carbocycles. The zero-order valence-corrected chi connectivity index (χ0v) is 9.53. The van der Waals surface area contributed by atoms with Crippen LogP contribution in [-0.2, 0) is 0 Å². The number of carboxylic acid groups (broad SMARTS) is 1. The molecule has 0 aliphatic heterocycles. The summed E-state index contributed by atoms with van der Waals surface area (Å²) in [7, 11) is 0. The van der Waals surface area contributed by atoms with E-state index in [0.29, 0.717) is 21.8 Å². The lowest BCUT2D eigenvalue weighted by Crippen LogP contribution is -1.98. The summed E-state index contributed by atoms with van der Waals surface area (Å²) in [6.07, 6.45) is 0. The molecule has 0 saturated carbocycles. The number of carboxylic acids is 1. The van der Waals surface area contributed by atoms with Gasteiger partial charge in [0.05, 0.1) is 10.6 Å². The van der Waals surface area contributed by atoms with Crippen molar-refractivity contribution in [2.24, 2.45) is 0 Å². The van der Waals surface area contributed by atoms with Crippen molar-refractivity contribution in [3.8, 4) is 11.1 Å². The van der Waals surface area contributed by atoms with E-state index in [9.17, 15) is 4.79 Å². The van der Waals surface area contributed by atoms with Gasteiger partial charge in [-0.15, -0.1) is 0 Å².